The maximum absolute atomic E-state index is 14.0. The van der Waals surface area contributed by atoms with Crippen LogP contribution >= 0.6 is 0 Å². The van der Waals surface area contributed by atoms with Crippen LogP contribution in [0.1, 0.15) is 30.8 Å². The van der Waals surface area contributed by atoms with Gasteiger partial charge in [0.25, 0.3) is 0 Å². The molecule has 0 bridgehead atoms. The van der Waals surface area contributed by atoms with Crippen molar-refractivity contribution in [1.82, 2.24) is 19.7 Å². The zero-order valence-corrected chi connectivity index (χ0v) is 19.5. The van der Waals surface area contributed by atoms with Gasteiger partial charge in [0.2, 0.25) is 0 Å². The first-order valence-corrected chi connectivity index (χ1v) is 9.43. The predicted molar refractivity (Wildman–Crippen MR) is 106 cm³/mol. The van der Waals surface area contributed by atoms with Gasteiger partial charge in [-0.25, -0.2) is 0 Å². The van der Waals surface area contributed by atoms with Gasteiger partial charge in [-0.05, 0) is 37.2 Å². The number of pyridine rings is 2. The Morgan fingerprint density at radius 2 is 1.70 bits per heavy atom. The molecule has 0 fully saturated rings. The molecule has 0 aliphatic rings. The van der Waals surface area contributed by atoms with E-state index in [0.717, 1.165) is 18.2 Å². The summed E-state index contributed by atoms with van der Waals surface area (Å²) in [6.45, 7) is 3.65. The average molecular weight is 637 g/mol. The standard InChI is InChI=1S/C23H15F5N4.Pt/c1-22(2,19-11-12-32(31-19)17-9-10-20(24)30-21(17)25)18-8-4-7-16(29-18)14-5-3-6-15(13-14)23(26,27)28;/h3-4,6-8,10-13H,1-2H3;/q-2;+2. The molecule has 4 aromatic rings. The molecule has 0 N–H and O–H groups in total. The first-order chi connectivity index (χ1) is 15.1. The van der Waals surface area contributed by atoms with E-state index in [0.29, 0.717) is 17.1 Å². The molecule has 0 radical (unpaired) electrons. The molecule has 10 heteroatoms. The van der Waals surface area contributed by atoms with E-state index in [1.807, 2.05) is 13.8 Å². The van der Waals surface area contributed by atoms with E-state index >= 15 is 0 Å². The molecule has 0 amide bonds. The number of rotatable bonds is 4. The second-order valence-electron chi connectivity index (χ2n) is 7.53. The number of hydrogen-bond donors (Lipinski definition) is 0. The molecular formula is C23H15F5N4Pt. The topological polar surface area (TPSA) is 43.6 Å². The Hall–Kier alpha value is -2.93. The molecular weight excluding hydrogens is 622 g/mol. The van der Waals surface area contributed by atoms with Crippen LogP contribution in [0.5, 0.6) is 0 Å². The molecule has 172 valence electrons. The Labute approximate surface area is 200 Å². The van der Waals surface area contributed by atoms with Gasteiger partial charge in [0, 0.05) is 17.6 Å². The van der Waals surface area contributed by atoms with Crippen LogP contribution in [0.25, 0.3) is 16.9 Å². The van der Waals surface area contributed by atoms with E-state index in [1.54, 1.807) is 24.3 Å². The van der Waals surface area contributed by atoms with Gasteiger partial charge in [-0.15, -0.1) is 42.0 Å². The third-order valence-electron chi connectivity index (χ3n) is 4.98. The molecule has 3 heterocycles. The minimum Gasteiger partial charge on any atom is -0.322 e. The van der Waals surface area contributed by atoms with Crippen LogP contribution in [0.3, 0.4) is 0 Å². The molecule has 0 spiro atoms. The number of benzene rings is 1. The first kappa shape index (κ1) is 24.7. The maximum Gasteiger partial charge on any atom is 2.00 e. The maximum atomic E-state index is 14.0. The molecule has 3 aromatic heterocycles. The monoisotopic (exact) mass is 637 g/mol. The molecule has 4 nitrogen and oxygen atoms in total. The number of nitrogens with zero attached hydrogens (tertiary/aromatic N) is 4. The van der Waals surface area contributed by atoms with Crippen LogP contribution in [0.4, 0.5) is 22.0 Å². The number of aromatic nitrogens is 4. The van der Waals surface area contributed by atoms with Gasteiger partial charge in [0.1, 0.15) is 5.95 Å². The SMILES string of the molecule is CC(C)(c1cccc(-c2[c-]ccc(C(F)(F)F)c2)n1)c1ccn(-c2[c-]cc(F)nc2F)n1.[Pt+2]. The van der Waals surface area contributed by atoms with Gasteiger partial charge in [0.05, 0.1) is 17.1 Å². The number of hydrogen-bond acceptors (Lipinski definition) is 3. The summed E-state index contributed by atoms with van der Waals surface area (Å²) >= 11 is 0. The van der Waals surface area contributed by atoms with Gasteiger partial charge in [-0.2, -0.15) is 18.3 Å². The van der Waals surface area contributed by atoms with Crippen molar-refractivity contribution in [2.45, 2.75) is 25.4 Å². The molecule has 0 atom stereocenters. The summed E-state index contributed by atoms with van der Waals surface area (Å²) in [5, 5.41) is 4.35. The Morgan fingerprint density at radius 3 is 2.39 bits per heavy atom. The normalized spacial score (nSPS) is 11.8. The van der Waals surface area contributed by atoms with Crippen molar-refractivity contribution in [3.05, 3.63) is 95.7 Å². The summed E-state index contributed by atoms with van der Waals surface area (Å²) in [6.07, 6.45) is -2.99. The van der Waals surface area contributed by atoms with Crippen LogP contribution in [0.2, 0.25) is 0 Å². The molecule has 0 aliphatic carbocycles. The fraction of sp³-hybridized carbons (Fsp3) is 0.174. The molecule has 4 rings (SSSR count). The van der Waals surface area contributed by atoms with Gasteiger partial charge < -0.3 is 9.97 Å². The Bertz CT molecular complexity index is 1280. The average Bonchev–Trinajstić information content (AvgIpc) is 3.24. The predicted octanol–water partition coefficient (Wildman–Crippen LogP) is 5.55. The summed E-state index contributed by atoms with van der Waals surface area (Å²) in [4.78, 5) is 7.66. The van der Waals surface area contributed by atoms with Crippen LogP contribution in [0.15, 0.2) is 54.7 Å². The number of alkyl halides is 3. The van der Waals surface area contributed by atoms with Crippen molar-refractivity contribution >= 4 is 0 Å². The van der Waals surface area contributed by atoms with E-state index in [4.69, 9.17) is 0 Å². The van der Waals surface area contributed by atoms with E-state index < -0.39 is 29.1 Å². The minimum absolute atomic E-state index is 0. The van der Waals surface area contributed by atoms with Gasteiger partial charge in [0.15, 0.2) is 0 Å². The molecule has 0 saturated carbocycles. The zero-order chi connectivity index (χ0) is 23.1. The first-order valence-electron chi connectivity index (χ1n) is 9.43. The minimum atomic E-state index is -4.48. The van der Waals surface area contributed by atoms with Crippen molar-refractivity contribution in [3.63, 3.8) is 0 Å². The van der Waals surface area contributed by atoms with Crippen molar-refractivity contribution in [3.8, 4) is 16.9 Å². The molecule has 1 aromatic carbocycles. The van der Waals surface area contributed by atoms with Gasteiger partial charge in [-0.3, -0.25) is 13.5 Å². The van der Waals surface area contributed by atoms with E-state index in [2.05, 4.69) is 27.2 Å². The summed E-state index contributed by atoms with van der Waals surface area (Å²) in [5.41, 5.74) is -0.149. The summed E-state index contributed by atoms with van der Waals surface area (Å²) in [7, 11) is 0. The van der Waals surface area contributed by atoms with Crippen LogP contribution in [-0.2, 0) is 32.7 Å². The van der Waals surface area contributed by atoms with Crippen molar-refractivity contribution in [2.75, 3.05) is 0 Å². The Kier molecular flexibility index (Phi) is 6.84. The summed E-state index contributed by atoms with van der Waals surface area (Å²) in [6, 6.07) is 15.9. The van der Waals surface area contributed by atoms with Crippen molar-refractivity contribution in [1.29, 1.82) is 0 Å². The molecule has 0 saturated heterocycles. The third-order valence-corrected chi connectivity index (χ3v) is 4.98. The second kappa shape index (κ2) is 9.14. The summed E-state index contributed by atoms with van der Waals surface area (Å²) < 4.78 is 67.4. The quantitative estimate of drug-likeness (QED) is 0.168. The smallest absolute Gasteiger partial charge is 0.322 e. The van der Waals surface area contributed by atoms with E-state index in [1.165, 1.54) is 16.9 Å². The van der Waals surface area contributed by atoms with E-state index in [-0.39, 0.29) is 32.3 Å². The zero-order valence-electron chi connectivity index (χ0n) is 17.2. The van der Waals surface area contributed by atoms with Gasteiger partial charge >= 0.3 is 27.2 Å². The van der Waals surface area contributed by atoms with Crippen molar-refractivity contribution < 1.29 is 43.0 Å². The van der Waals surface area contributed by atoms with E-state index in [9.17, 15) is 22.0 Å². The van der Waals surface area contributed by atoms with Gasteiger partial charge in [-0.1, -0.05) is 12.1 Å². The molecule has 33 heavy (non-hydrogen) atoms. The Morgan fingerprint density at radius 1 is 0.939 bits per heavy atom. The van der Waals surface area contributed by atoms with Crippen LogP contribution in [-0.4, -0.2) is 19.7 Å². The summed E-state index contributed by atoms with van der Waals surface area (Å²) in [5.74, 6) is -2.05. The second-order valence-corrected chi connectivity index (χ2v) is 7.53. The Balaban J connectivity index is 0.00000306. The third kappa shape index (κ3) is 5.03. The number of halogens is 5. The van der Waals surface area contributed by atoms with Crippen LogP contribution in [0, 0.1) is 24.0 Å². The fourth-order valence-corrected chi connectivity index (χ4v) is 3.16. The largest absolute Gasteiger partial charge is 2.00 e. The molecule has 0 aliphatic heterocycles. The van der Waals surface area contributed by atoms with Crippen molar-refractivity contribution in [2.24, 2.45) is 0 Å². The van der Waals surface area contributed by atoms with Crippen LogP contribution < -0.4 is 0 Å². The fourth-order valence-electron chi connectivity index (χ4n) is 3.16. The molecule has 0 unspecified atom stereocenters.